The summed E-state index contributed by atoms with van der Waals surface area (Å²) in [4.78, 5) is 32.9. The van der Waals surface area contributed by atoms with Gasteiger partial charge in [0.05, 0.1) is 18.2 Å². The molecule has 1 aromatic heterocycles. The maximum Gasteiger partial charge on any atom is 0.243 e. The molecule has 0 bridgehead atoms. The number of H-pyrrole nitrogens is 1. The molecule has 2 atom stereocenters. The number of aliphatic hydroxyl groups is 1. The van der Waals surface area contributed by atoms with Crippen LogP contribution in [0.15, 0.2) is 79.0 Å². The van der Waals surface area contributed by atoms with Gasteiger partial charge in [-0.2, -0.15) is 0 Å². The van der Waals surface area contributed by atoms with Crippen molar-refractivity contribution >= 4 is 28.3 Å². The third kappa shape index (κ3) is 4.96. The van der Waals surface area contributed by atoms with E-state index in [0.29, 0.717) is 30.7 Å². The number of amides is 1. The molecule has 3 N–H and O–H groups in total. The van der Waals surface area contributed by atoms with E-state index in [2.05, 4.69) is 27.3 Å². The molecule has 0 radical (unpaired) electrons. The minimum absolute atomic E-state index is 0.0542. The van der Waals surface area contributed by atoms with Crippen LogP contribution in [-0.4, -0.2) is 47.0 Å². The lowest BCUT2D eigenvalue weighted by Gasteiger charge is -2.34. The van der Waals surface area contributed by atoms with Crippen molar-refractivity contribution in [1.29, 1.82) is 0 Å². The summed E-state index contributed by atoms with van der Waals surface area (Å²) in [5.74, 6) is 0.533. The molecular formula is C32H33N3O3. The van der Waals surface area contributed by atoms with E-state index in [9.17, 15) is 14.7 Å². The summed E-state index contributed by atoms with van der Waals surface area (Å²) in [6.45, 7) is 0.632. The summed E-state index contributed by atoms with van der Waals surface area (Å²) in [7, 11) is 0. The highest BCUT2D eigenvalue weighted by atomic mass is 16.3. The second kappa shape index (κ2) is 10.5. The maximum absolute atomic E-state index is 13.8. The van der Waals surface area contributed by atoms with Gasteiger partial charge in [0.15, 0.2) is 5.78 Å². The highest BCUT2D eigenvalue weighted by Gasteiger charge is 2.36. The van der Waals surface area contributed by atoms with Crippen LogP contribution in [-0.2, 0) is 24.1 Å². The molecule has 6 heteroatoms. The predicted octanol–water partition coefficient (Wildman–Crippen LogP) is 4.45. The van der Waals surface area contributed by atoms with Gasteiger partial charge in [-0.1, -0.05) is 60.7 Å². The molecule has 1 saturated carbocycles. The molecule has 0 saturated heterocycles. The van der Waals surface area contributed by atoms with Gasteiger partial charge in [-0.05, 0) is 54.0 Å². The van der Waals surface area contributed by atoms with Gasteiger partial charge in [0, 0.05) is 42.2 Å². The zero-order valence-electron chi connectivity index (χ0n) is 21.4. The lowest BCUT2D eigenvalue weighted by molar-refractivity contribution is -0.123. The van der Waals surface area contributed by atoms with Crippen LogP contribution in [0.3, 0.4) is 0 Å². The van der Waals surface area contributed by atoms with Gasteiger partial charge in [0.25, 0.3) is 0 Å². The first-order valence-corrected chi connectivity index (χ1v) is 13.5. The molecule has 38 heavy (non-hydrogen) atoms. The van der Waals surface area contributed by atoms with Crippen LogP contribution >= 0.6 is 0 Å². The monoisotopic (exact) mass is 507 g/mol. The Morgan fingerprint density at radius 1 is 0.947 bits per heavy atom. The van der Waals surface area contributed by atoms with Crippen molar-refractivity contribution in [2.75, 3.05) is 18.1 Å². The quantitative estimate of drug-likeness (QED) is 0.308. The van der Waals surface area contributed by atoms with Gasteiger partial charge in [0.1, 0.15) is 6.04 Å². The summed E-state index contributed by atoms with van der Waals surface area (Å²) in [5.41, 5.74) is 5.52. The van der Waals surface area contributed by atoms with Gasteiger partial charge in [-0.25, -0.2) is 0 Å². The molecule has 194 valence electrons. The van der Waals surface area contributed by atoms with E-state index in [1.54, 1.807) is 0 Å². The molecule has 4 aromatic rings. The van der Waals surface area contributed by atoms with Crippen molar-refractivity contribution < 1.29 is 14.7 Å². The standard InChI is InChI=1S/C32H33N3O3/c36-20-25-17-24-18-33-31-26(29(37)16-22-9-5-2-6-10-22)13-14-27(30(24)31)35(19-23-11-12-23)28(32(38)34-25)15-21-7-3-1-4-8-21/h1-10,13-14,18,23,25,28,33,36H,11-12,15-17,19-20H2,(H,34,38)/t25-,28-/m0/s1. The number of aromatic nitrogens is 1. The van der Waals surface area contributed by atoms with Crippen LogP contribution in [0.2, 0.25) is 0 Å². The molecule has 3 aromatic carbocycles. The van der Waals surface area contributed by atoms with E-state index < -0.39 is 12.1 Å². The summed E-state index contributed by atoms with van der Waals surface area (Å²) >= 11 is 0. The predicted molar refractivity (Wildman–Crippen MR) is 149 cm³/mol. The summed E-state index contributed by atoms with van der Waals surface area (Å²) < 4.78 is 0. The Bertz CT molecular complexity index is 1440. The Kier molecular flexibility index (Phi) is 6.73. The number of rotatable bonds is 8. The maximum atomic E-state index is 13.8. The fraction of sp³-hybridized carbons (Fsp3) is 0.312. The second-order valence-corrected chi connectivity index (χ2v) is 10.7. The molecule has 1 amide bonds. The molecule has 0 spiro atoms. The summed E-state index contributed by atoms with van der Waals surface area (Å²) in [6.07, 6.45) is 5.63. The average Bonchev–Trinajstić information content (AvgIpc) is 3.67. The SMILES string of the molecule is O=C(Cc1ccccc1)c1ccc2c3c(c[nH]c13)C[C@@H](CO)NC(=O)[C@H](Cc1ccccc1)N2CC1CC1. The van der Waals surface area contributed by atoms with E-state index in [1.165, 1.54) is 0 Å². The van der Waals surface area contributed by atoms with E-state index in [4.69, 9.17) is 0 Å². The first-order valence-electron chi connectivity index (χ1n) is 13.5. The molecule has 1 fully saturated rings. The van der Waals surface area contributed by atoms with Crippen molar-refractivity contribution in [2.24, 2.45) is 5.92 Å². The lowest BCUT2D eigenvalue weighted by Crippen LogP contribution is -2.52. The van der Waals surface area contributed by atoms with Crippen molar-refractivity contribution in [1.82, 2.24) is 10.3 Å². The Morgan fingerprint density at radius 2 is 1.66 bits per heavy atom. The number of nitrogens with zero attached hydrogens (tertiary/aromatic N) is 1. The minimum atomic E-state index is -0.429. The number of hydrogen-bond acceptors (Lipinski definition) is 4. The van der Waals surface area contributed by atoms with Crippen LogP contribution in [0.5, 0.6) is 0 Å². The van der Waals surface area contributed by atoms with Crippen molar-refractivity contribution in [3.8, 4) is 0 Å². The third-order valence-corrected chi connectivity index (χ3v) is 7.85. The van der Waals surface area contributed by atoms with Crippen molar-refractivity contribution in [2.45, 2.75) is 44.2 Å². The van der Waals surface area contributed by atoms with Gasteiger partial charge < -0.3 is 20.3 Å². The van der Waals surface area contributed by atoms with Crippen LogP contribution < -0.4 is 10.2 Å². The fourth-order valence-electron chi connectivity index (χ4n) is 5.69. The molecule has 2 heterocycles. The number of carbonyl (C=O) groups is 2. The molecule has 6 nitrogen and oxygen atoms in total. The largest absolute Gasteiger partial charge is 0.394 e. The highest BCUT2D eigenvalue weighted by molar-refractivity contribution is 6.12. The van der Waals surface area contributed by atoms with E-state index >= 15 is 0 Å². The molecule has 6 rings (SSSR count). The van der Waals surface area contributed by atoms with Crippen LogP contribution in [0.4, 0.5) is 5.69 Å². The van der Waals surface area contributed by atoms with Gasteiger partial charge in [-0.15, -0.1) is 0 Å². The summed E-state index contributed by atoms with van der Waals surface area (Å²) in [5, 5.41) is 14.3. The Balaban J connectivity index is 1.47. The lowest BCUT2D eigenvalue weighted by atomic mass is 9.96. The van der Waals surface area contributed by atoms with E-state index in [0.717, 1.165) is 52.7 Å². The van der Waals surface area contributed by atoms with Gasteiger partial charge in [0.2, 0.25) is 5.91 Å². The molecular weight excluding hydrogens is 474 g/mol. The number of ketones is 1. The van der Waals surface area contributed by atoms with Crippen LogP contribution in [0.25, 0.3) is 10.9 Å². The minimum Gasteiger partial charge on any atom is -0.394 e. The first kappa shape index (κ1) is 24.4. The van der Waals surface area contributed by atoms with Gasteiger partial charge >= 0.3 is 0 Å². The van der Waals surface area contributed by atoms with Crippen LogP contribution in [0.1, 0.15) is 39.9 Å². The second-order valence-electron chi connectivity index (χ2n) is 10.7. The Morgan fingerprint density at radius 3 is 2.34 bits per heavy atom. The number of carbonyl (C=O) groups excluding carboxylic acids is 2. The Labute approximate surface area is 222 Å². The van der Waals surface area contributed by atoms with Crippen LogP contribution in [0, 0.1) is 5.92 Å². The zero-order chi connectivity index (χ0) is 26.1. The third-order valence-electron chi connectivity index (χ3n) is 7.85. The van der Waals surface area contributed by atoms with Gasteiger partial charge in [-0.3, -0.25) is 9.59 Å². The van der Waals surface area contributed by atoms with Crippen molar-refractivity contribution in [3.05, 3.63) is 101 Å². The van der Waals surface area contributed by atoms with E-state index in [1.807, 2.05) is 66.9 Å². The normalized spacial score (nSPS) is 19.5. The number of anilines is 1. The zero-order valence-corrected chi connectivity index (χ0v) is 21.4. The number of Topliss-reactive ketones (excluding diaryl/α,β-unsaturated/α-hetero) is 1. The topological polar surface area (TPSA) is 85.4 Å². The number of benzene rings is 3. The number of nitrogens with one attached hydrogen (secondary N) is 2. The first-order chi connectivity index (χ1) is 18.6. The molecule has 1 aliphatic heterocycles. The summed E-state index contributed by atoms with van der Waals surface area (Å²) in [6, 6.07) is 23.0. The molecule has 2 aliphatic rings. The van der Waals surface area contributed by atoms with E-state index in [-0.39, 0.29) is 18.3 Å². The highest BCUT2D eigenvalue weighted by Crippen LogP contribution is 2.39. The van der Waals surface area contributed by atoms with Crippen molar-refractivity contribution in [3.63, 3.8) is 0 Å². The fourth-order valence-corrected chi connectivity index (χ4v) is 5.69. The number of hydrogen-bond donors (Lipinski definition) is 3. The number of aliphatic hydroxyl groups excluding tert-OH is 1. The Hall–Kier alpha value is -3.90. The molecule has 1 aliphatic carbocycles. The molecule has 0 unspecified atom stereocenters. The number of aromatic amines is 1. The smallest absolute Gasteiger partial charge is 0.243 e. The average molecular weight is 508 g/mol.